The number of hydrogen-bond donors (Lipinski definition) is 0. The number of carbonyl (C=O) groups excluding carboxylic acids is 1. The van der Waals surface area contributed by atoms with E-state index < -0.39 is 0 Å². The van der Waals surface area contributed by atoms with E-state index >= 15 is 0 Å². The van der Waals surface area contributed by atoms with Crippen LogP contribution >= 0.6 is 0 Å². The SMILES string of the molecule is O=C(Cc1cccc(F)c1)N1CC(c2nnc(-c3ccncc3)o2)C2(CCOCC2)C1. The molecular weight excluding hydrogens is 399 g/mol. The summed E-state index contributed by atoms with van der Waals surface area (Å²) in [6.07, 6.45) is 5.19. The van der Waals surface area contributed by atoms with Crippen molar-refractivity contribution in [3.63, 3.8) is 0 Å². The molecule has 3 aromatic rings. The molecule has 2 aliphatic heterocycles. The van der Waals surface area contributed by atoms with Crippen LogP contribution in [0.25, 0.3) is 11.5 Å². The normalized spacial score (nSPS) is 20.3. The number of likely N-dealkylation sites (tertiary alicyclic amines) is 1. The number of amides is 1. The predicted molar refractivity (Wildman–Crippen MR) is 109 cm³/mol. The summed E-state index contributed by atoms with van der Waals surface area (Å²) in [6, 6.07) is 9.85. The van der Waals surface area contributed by atoms with Gasteiger partial charge < -0.3 is 14.1 Å². The van der Waals surface area contributed by atoms with Gasteiger partial charge in [0.2, 0.25) is 17.7 Å². The van der Waals surface area contributed by atoms with Gasteiger partial charge in [-0.15, -0.1) is 10.2 Å². The summed E-state index contributed by atoms with van der Waals surface area (Å²) < 4.78 is 25.2. The third kappa shape index (κ3) is 3.95. The smallest absolute Gasteiger partial charge is 0.247 e. The molecule has 160 valence electrons. The van der Waals surface area contributed by atoms with Gasteiger partial charge in [-0.3, -0.25) is 9.78 Å². The van der Waals surface area contributed by atoms with Crippen LogP contribution in [-0.2, 0) is 16.0 Å². The third-order valence-electron chi connectivity index (χ3n) is 6.40. The van der Waals surface area contributed by atoms with Crippen LogP contribution in [0.1, 0.15) is 30.2 Å². The minimum Gasteiger partial charge on any atom is -0.420 e. The average Bonchev–Trinajstić information content (AvgIpc) is 3.40. The van der Waals surface area contributed by atoms with Gasteiger partial charge in [0.25, 0.3) is 0 Å². The highest BCUT2D eigenvalue weighted by molar-refractivity contribution is 5.79. The van der Waals surface area contributed by atoms with Gasteiger partial charge in [0.05, 0.1) is 12.3 Å². The quantitative estimate of drug-likeness (QED) is 0.642. The standard InChI is InChI=1S/C23H23FN4O3/c24-18-3-1-2-16(12-18)13-20(29)28-14-19(23(15-28)6-10-30-11-7-23)22-27-26-21(31-22)17-4-8-25-9-5-17/h1-5,8-9,12,19H,6-7,10-11,13-15H2. The van der Waals surface area contributed by atoms with Crippen LogP contribution < -0.4 is 0 Å². The lowest BCUT2D eigenvalue weighted by Crippen LogP contribution is -2.37. The van der Waals surface area contributed by atoms with Crippen LogP contribution in [0.2, 0.25) is 0 Å². The molecule has 5 rings (SSSR count). The van der Waals surface area contributed by atoms with Crippen molar-refractivity contribution in [1.29, 1.82) is 0 Å². The van der Waals surface area contributed by atoms with Crippen molar-refractivity contribution in [3.8, 4) is 11.5 Å². The molecule has 2 aromatic heterocycles. The lowest BCUT2D eigenvalue weighted by Gasteiger charge is -2.36. The molecular formula is C23H23FN4O3. The van der Waals surface area contributed by atoms with Crippen molar-refractivity contribution in [2.24, 2.45) is 5.41 Å². The van der Waals surface area contributed by atoms with E-state index in [1.54, 1.807) is 24.5 Å². The number of hydrogen-bond acceptors (Lipinski definition) is 6. The Balaban J connectivity index is 1.39. The lowest BCUT2D eigenvalue weighted by atomic mass is 9.72. The fraction of sp³-hybridized carbons (Fsp3) is 0.391. The largest absolute Gasteiger partial charge is 0.420 e. The van der Waals surface area contributed by atoms with Crippen LogP contribution in [0.5, 0.6) is 0 Å². The number of nitrogens with zero attached hydrogens (tertiary/aromatic N) is 4. The summed E-state index contributed by atoms with van der Waals surface area (Å²) in [7, 11) is 0. The Bertz CT molecular complexity index is 1070. The molecule has 2 aliphatic rings. The molecule has 31 heavy (non-hydrogen) atoms. The highest BCUT2D eigenvalue weighted by Gasteiger charge is 2.51. The second-order valence-corrected chi connectivity index (χ2v) is 8.29. The van der Waals surface area contributed by atoms with Gasteiger partial charge in [0, 0.05) is 49.7 Å². The number of ether oxygens (including phenoxy) is 1. The minimum absolute atomic E-state index is 0.0205. The van der Waals surface area contributed by atoms with Crippen molar-refractivity contribution in [1.82, 2.24) is 20.1 Å². The molecule has 0 N–H and O–H groups in total. The van der Waals surface area contributed by atoms with Crippen molar-refractivity contribution in [2.45, 2.75) is 25.2 Å². The van der Waals surface area contributed by atoms with Crippen molar-refractivity contribution in [3.05, 3.63) is 66.1 Å². The molecule has 0 aliphatic carbocycles. The van der Waals surface area contributed by atoms with E-state index in [4.69, 9.17) is 9.15 Å². The van der Waals surface area contributed by atoms with E-state index in [2.05, 4.69) is 15.2 Å². The number of benzene rings is 1. The molecule has 1 unspecified atom stereocenters. The Morgan fingerprint density at radius 1 is 1.16 bits per heavy atom. The van der Waals surface area contributed by atoms with E-state index in [1.807, 2.05) is 17.0 Å². The van der Waals surface area contributed by atoms with Crippen molar-refractivity contribution >= 4 is 5.91 Å². The third-order valence-corrected chi connectivity index (χ3v) is 6.40. The fourth-order valence-electron chi connectivity index (χ4n) is 4.70. The van der Waals surface area contributed by atoms with E-state index in [0.717, 1.165) is 18.4 Å². The Morgan fingerprint density at radius 3 is 2.74 bits per heavy atom. The Kier molecular flexibility index (Phi) is 5.23. The second-order valence-electron chi connectivity index (χ2n) is 8.29. The first-order valence-electron chi connectivity index (χ1n) is 10.5. The topological polar surface area (TPSA) is 81.4 Å². The van der Waals surface area contributed by atoms with E-state index in [9.17, 15) is 9.18 Å². The van der Waals surface area contributed by atoms with E-state index in [1.165, 1.54) is 12.1 Å². The number of pyridine rings is 1. The van der Waals surface area contributed by atoms with Crippen LogP contribution in [-0.4, -0.2) is 52.3 Å². The zero-order valence-corrected chi connectivity index (χ0v) is 17.0. The second kappa shape index (κ2) is 8.19. The van der Waals surface area contributed by atoms with E-state index in [-0.39, 0.29) is 29.5 Å². The first-order valence-corrected chi connectivity index (χ1v) is 10.5. The molecule has 8 heteroatoms. The van der Waals surface area contributed by atoms with Crippen LogP contribution in [0.4, 0.5) is 4.39 Å². The maximum Gasteiger partial charge on any atom is 0.247 e. The van der Waals surface area contributed by atoms with Crippen molar-refractivity contribution < 1.29 is 18.3 Å². The maximum absolute atomic E-state index is 13.5. The number of carbonyl (C=O) groups is 1. The minimum atomic E-state index is -0.333. The first kappa shape index (κ1) is 19.8. The maximum atomic E-state index is 13.5. The average molecular weight is 422 g/mol. The highest BCUT2D eigenvalue weighted by Crippen LogP contribution is 2.49. The van der Waals surface area contributed by atoms with Crippen molar-refractivity contribution in [2.75, 3.05) is 26.3 Å². The van der Waals surface area contributed by atoms with Gasteiger partial charge in [0.1, 0.15) is 5.82 Å². The van der Waals surface area contributed by atoms with Gasteiger partial charge in [0.15, 0.2) is 0 Å². The molecule has 0 saturated carbocycles. The number of aromatic nitrogens is 3. The predicted octanol–water partition coefficient (Wildman–Crippen LogP) is 3.24. The van der Waals surface area contributed by atoms with Crippen LogP contribution in [0, 0.1) is 11.2 Å². The van der Waals surface area contributed by atoms with Gasteiger partial charge in [-0.2, -0.15) is 0 Å². The monoisotopic (exact) mass is 422 g/mol. The fourth-order valence-corrected chi connectivity index (χ4v) is 4.70. The van der Waals surface area contributed by atoms with Gasteiger partial charge >= 0.3 is 0 Å². The highest BCUT2D eigenvalue weighted by atomic mass is 19.1. The van der Waals surface area contributed by atoms with Gasteiger partial charge in [-0.05, 0) is 42.7 Å². The number of halogens is 1. The molecule has 4 heterocycles. The molecule has 2 fully saturated rings. The molecule has 0 radical (unpaired) electrons. The Labute approximate surface area is 179 Å². The summed E-state index contributed by atoms with van der Waals surface area (Å²) in [4.78, 5) is 18.9. The molecule has 1 amide bonds. The summed E-state index contributed by atoms with van der Waals surface area (Å²) in [5.41, 5.74) is 1.33. The van der Waals surface area contributed by atoms with Crippen LogP contribution in [0.3, 0.4) is 0 Å². The Hall–Kier alpha value is -3.13. The molecule has 1 atom stereocenters. The molecule has 1 spiro atoms. The van der Waals surface area contributed by atoms with Crippen LogP contribution in [0.15, 0.2) is 53.2 Å². The molecule has 1 aromatic carbocycles. The summed E-state index contributed by atoms with van der Waals surface area (Å²) >= 11 is 0. The lowest BCUT2D eigenvalue weighted by molar-refractivity contribution is -0.130. The number of rotatable bonds is 4. The summed E-state index contributed by atoms with van der Waals surface area (Å²) in [5.74, 6) is 0.586. The molecule has 2 saturated heterocycles. The Morgan fingerprint density at radius 2 is 1.97 bits per heavy atom. The van der Waals surface area contributed by atoms with Gasteiger partial charge in [-0.25, -0.2) is 4.39 Å². The van der Waals surface area contributed by atoms with E-state index in [0.29, 0.717) is 43.6 Å². The first-order chi connectivity index (χ1) is 15.1. The summed E-state index contributed by atoms with van der Waals surface area (Å²) in [5, 5.41) is 8.58. The zero-order chi connectivity index (χ0) is 21.3. The van der Waals surface area contributed by atoms with Gasteiger partial charge in [-0.1, -0.05) is 12.1 Å². The molecule has 0 bridgehead atoms. The summed E-state index contributed by atoms with van der Waals surface area (Å²) in [6.45, 7) is 2.41. The molecule has 7 nitrogen and oxygen atoms in total. The zero-order valence-electron chi connectivity index (χ0n) is 17.0.